The molecule has 0 amide bonds. The lowest BCUT2D eigenvalue weighted by atomic mass is 10.1. The van der Waals surface area contributed by atoms with Crippen LogP contribution in [0.3, 0.4) is 0 Å². The van der Waals surface area contributed by atoms with Crippen LogP contribution in [0.4, 0.5) is 8.78 Å². The number of hydrogen-bond acceptors (Lipinski definition) is 2. The summed E-state index contributed by atoms with van der Waals surface area (Å²) in [6.07, 6.45) is 1.79. The van der Waals surface area contributed by atoms with Gasteiger partial charge in [-0.25, -0.2) is 8.78 Å². The standard InChI is InChI=1S/C10H12BrF2NS/c11-7-4-9(15-6-7)10(12,13)5-8-2-1-3-14-8/h4,6,8,14H,1-3,5H2. The number of halogens is 3. The molecule has 2 heterocycles. The van der Waals surface area contributed by atoms with E-state index in [9.17, 15) is 8.78 Å². The molecule has 1 N–H and O–H groups in total. The highest BCUT2D eigenvalue weighted by Gasteiger charge is 2.36. The quantitative estimate of drug-likeness (QED) is 0.896. The predicted octanol–water partition coefficient (Wildman–Crippen LogP) is 3.74. The maximum Gasteiger partial charge on any atom is 0.283 e. The number of alkyl halides is 2. The van der Waals surface area contributed by atoms with Crippen LogP contribution in [0.1, 0.15) is 24.1 Å². The molecule has 15 heavy (non-hydrogen) atoms. The second-order valence-electron chi connectivity index (χ2n) is 3.83. The summed E-state index contributed by atoms with van der Waals surface area (Å²) in [5, 5.41) is 4.80. The average Bonchev–Trinajstić information content (AvgIpc) is 2.75. The van der Waals surface area contributed by atoms with Gasteiger partial charge in [0.25, 0.3) is 5.92 Å². The van der Waals surface area contributed by atoms with Crippen molar-refractivity contribution < 1.29 is 8.78 Å². The Balaban J connectivity index is 2.05. The van der Waals surface area contributed by atoms with Gasteiger partial charge in [-0.05, 0) is 41.4 Å². The first-order valence-electron chi connectivity index (χ1n) is 4.94. The van der Waals surface area contributed by atoms with E-state index >= 15 is 0 Å². The monoisotopic (exact) mass is 295 g/mol. The molecule has 1 aliphatic heterocycles. The summed E-state index contributed by atoms with van der Waals surface area (Å²) in [4.78, 5) is 0.156. The Morgan fingerprint density at radius 1 is 1.60 bits per heavy atom. The van der Waals surface area contributed by atoms with Crippen LogP contribution in [0, 0.1) is 0 Å². The first kappa shape index (κ1) is 11.5. The van der Waals surface area contributed by atoms with E-state index in [0.717, 1.165) is 35.2 Å². The highest BCUT2D eigenvalue weighted by atomic mass is 79.9. The SMILES string of the molecule is FC(F)(CC1CCCN1)c1cc(Br)cs1. The number of hydrogen-bond donors (Lipinski definition) is 1. The van der Waals surface area contributed by atoms with Crippen molar-refractivity contribution in [2.75, 3.05) is 6.54 Å². The molecular formula is C10H12BrF2NS. The van der Waals surface area contributed by atoms with Crippen molar-refractivity contribution in [2.45, 2.75) is 31.2 Å². The highest BCUT2D eigenvalue weighted by Crippen LogP contribution is 2.39. The summed E-state index contributed by atoms with van der Waals surface area (Å²) < 4.78 is 28.3. The van der Waals surface area contributed by atoms with Crippen molar-refractivity contribution >= 4 is 27.3 Å². The first-order chi connectivity index (χ1) is 7.08. The topological polar surface area (TPSA) is 12.0 Å². The number of thiophene rings is 1. The van der Waals surface area contributed by atoms with E-state index in [0.29, 0.717) is 0 Å². The molecule has 0 saturated carbocycles. The Morgan fingerprint density at radius 2 is 2.40 bits per heavy atom. The third-order valence-electron chi connectivity index (χ3n) is 2.59. The zero-order valence-electron chi connectivity index (χ0n) is 8.10. The second-order valence-corrected chi connectivity index (χ2v) is 5.66. The van der Waals surface area contributed by atoms with E-state index in [4.69, 9.17) is 0 Å². The maximum absolute atomic E-state index is 13.8. The van der Waals surface area contributed by atoms with Gasteiger partial charge in [0.1, 0.15) is 0 Å². The summed E-state index contributed by atoms with van der Waals surface area (Å²) in [7, 11) is 0. The molecule has 0 aliphatic carbocycles. The minimum Gasteiger partial charge on any atom is -0.314 e. The predicted molar refractivity (Wildman–Crippen MR) is 61.6 cm³/mol. The number of rotatable bonds is 3. The van der Waals surface area contributed by atoms with E-state index in [1.165, 1.54) is 6.07 Å². The van der Waals surface area contributed by atoms with Crippen molar-refractivity contribution in [2.24, 2.45) is 0 Å². The van der Waals surface area contributed by atoms with E-state index in [1.54, 1.807) is 5.38 Å². The Hall–Kier alpha value is -0.0000000000000000833. The van der Waals surface area contributed by atoms with Crippen LogP contribution < -0.4 is 5.32 Å². The second kappa shape index (κ2) is 4.47. The van der Waals surface area contributed by atoms with Gasteiger partial charge >= 0.3 is 0 Å². The van der Waals surface area contributed by atoms with Crippen molar-refractivity contribution in [3.63, 3.8) is 0 Å². The minimum absolute atomic E-state index is 0.0270. The fourth-order valence-corrected chi connectivity index (χ4v) is 3.27. The van der Waals surface area contributed by atoms with Crippen LogP contribution in [0.25, 0.3) is 0 Å². The summed E-state index contributed by atoms with van der Waals surface area (Å²) in [6.45, 7) is 0.870. The lowest BCUT2D eigenvalue weighted by molar-refractivity contribution is -0.0176. The van der Waals surface area contributed by atoms with Gasteiger partial charge in [-0.3, -0.25) is 0 Å². The van der Waals surface area contributed by atoms with Gasteiger partial charge in [0, 0.05) is 22.3 Å². The molecule has 1 aliphatic rings. The molecule has 1 aromatic heterocycles. The molecule has 5 heteroatoms. The average molecular weight is 296 g/mol. The Bertz CT molecular complexity index is 334. The maximum atomic E-state index is 13.8. The van der Waals surface area contributed by atoms with Gasteiger partial charge in [-0.1, -0.05) is 0 Å². The van der Waals surface area contributed by atoms with Crippen molar-refractivity contribution in [3.05, 3.63) is 20.8 Å². The summed E-state index contributed by atoms with van der Waals surface area (Å²) in [5.74, 6) is -2.70. The van der Waals surface area contributed by atoms with Crippen molar-refractivity contribution in [3.8, 4) is 0 Å². The highest BCUT2D eigenvalue weighted by molar-refractivity contribution is 9.10. The molecule has 1 atom stereocenters. The molecular weight excluding hydrogens is 284 g/mol. The van der Waals surface area contributed by atoms with Gasteiger partial charge in [0.05, 0.1) is 4.88 Å². The first-order valence-corrected chi connectivity index (χ1v) is 6.61. The number of nitrogens with one attached hydrogen (secondary N) is 1. The lowest BCUT2D eigenvalue weighted by Gasteiger charge is -2.19. The smallest absolute Gasteiger partial charge is 0.283 e. The van der Waals surface area contributed by atoms with E-state index < -0.39 is 5.92 Å². The van der Waals surface area contributed by atoms with Crippen molar-refractivity contribution in [1.29, 1.82) is 0 Å². The van der Waals surface area contributed by atoms with Gasteiger partial charge in [0.2, 0.25) is 0 Å². The molecule has 1 nitrogen and oxygen atoms in total. The third kappa shape index (κ3) is 2.77. The normalized spacial score (nSPS) is 22.2. The van der Waals surface area contributed by atoms with Crippen LogP contribution in [0.2, 0.25) is 0 Å². The summed E-state index contributed by atoms with van der Waals surface area (Å²) >= 11 is 4.31. The molecule has 1 aromatic rings. The van der Waals surface area contributed by atoms with E-state index in [1.807, 2.05) is 0 Å². The fourth-order valence-electron chi connectivity index (χ4n) is 1.85. The fraction of sp³-hybridized carbons (Fsp3) is 0.600. The van der Waals surface area contributed by atoms with Crippen LogP contribution in [-0.4, -0.2) is 12.6 Å². The van der Waals surface area contributed by atoms with Crippen LogP contribution in [0.15, 0.2) is 15.9 Å². The molecule has 0 aromatic carbocycles. The van der Waals surface area contributed by atoms with E-state index in [2.05, 4.69) is 21.2 Å². The molecule has 0 radical (unpaired) electrons. The van der Waals surface area contributed by atoms with Gasteiger partial charge < -0.3 is 5.32 Å². The molecule has 1 fully saturated rings. The lowest BCUT2D eigenvalue weighted by Crippen LogP contribution is -2.28. The molecule has 0 bridgehead atoms. The summed E-state index contributed by atoms with van der Waals surface area (Å²) in [6, 6.07) is 1.49. The zero-order chi connectivity index (χ0) is 10.9. The third-order valence-corrected chi connectivity index (χ3v) is 4.40. The van der Waals surface area contributed by atoms with Crippen LogP contribution in [-0.2, 0) is 5.92 Å². The van der Waals surface area contributed by atoms with Crippen molar-refractivity contribution in [1.82, 2.24) is 5.32 Å². The van der Waals surface area contributed by atoms with Gasteiger partial charge in [-0.15, -0.1) is 11.3 Å². The molecule has 2 rings (SSSR count). The minimum atomic E-state index is -2.70. The summed E-state index contributed by atoms with van der Waals surface area (Å²) in [5.41, 5.74) is 0. The molecule has 1 saturated heterocycles. The van der Waals surface area contributed by atoms with Gasteiger partial charge in [-0.2, -0.15) is 0 Å². The van der Waals surface area contributed by atoms with Gasteiger partial charge in [0.15, 0.2) is 0 Å². The zero-order valence-corrected chi connectivity index (χ0v) is 10.5. The Morgan fingerprint density at radius 3 is 2.93 bits per heavy atom. The van der Waals surface area contributed by atoms with Crippen LogP contribution >= 0.6 is 27.3 Å². The van der Waals surface area contributed by atoms with Crippen LogP contribution in [0.5, 0.6) is 0 Å². The molecule has 0 spiro atoms. The molecule has 84 valence electrons. The van der Waals surface area contributed by atoms with E-state index in [-0.39, 0.29) is 17.3 Å². The molecule has 1 unspecified atom stereocenters. The Kier molecular flexibility index (Phi) is 3.42. The largest absolute Gasteiger partial charge is 0.314 e. The Labute approximate surface area is 100 Å².